The van der Waals surface area contributed by atoms with E-state index in [0.29, 0.717) is 22.3 Å². The number of morpholine rings is 1. The molecule has 0 bridgehead atoms. The Kier molecular flexibility index (Phi) is 4.29. The Labute approximate surface area is 193 Å². The molecule has 0 aliphatic carbocycles. The van der Waals surface area contributed by atoms with Gasteiger partial charge in [-0.1, -0.05) is 5.16 Å². The Bertz CT molecular complexity index is 1370. The second-order valence-corrected chi connectivity index (χ2v) is 9.37. The summed E-state index contributed by atoms with van der Waals surface area (Å²) in [6.45, 7) is 3.89. The molecule has 3 aliphatic rings. The molecule has 1 spiro atoms. The standard InChI is InChI=1S/C23H22FN5O5/c1-10-8-29-19-12(4-13-18(14-7-25-9-28(14)3)27-34-20(13)17(19)24)6-23(21(29)11(2)33-10)15(30)5-16(31)26-22(23)32/h4,7,9-11,21H,5-6,8H2,1-3H3,(H,26,31,32)/t10-,11+,21-,23?/m1/s1. The van der Waals surface area contributed by atoms with Gasteiger partial charge < -0.3 is 18.7 Å². The third-order valence-corrected chi connectivity index (χ3v) is 7.24. The molecule has 1 unspecified atom stereocenters. The molecule has 1 N–H and O–H groups in total. The molecule has 0 saturated carbocycles. The fourth-order valence-electron chi connectivity index (χ4n) is 5.92. The zero-order valence-corrected chi connectivity index (χ0v) is 18.8. The summed E-state index contributed by atoms with van der Waals surface area (Å²) in [5, 5.41) is 6.85. The highest BCUT2D eigenvalue weighted by Gasteiger charge is 2.62. The topological polar surface area (TPSA) is 120 Å². The Morgan fingerprint density at radius 3 is 2.76 bits per heavy atom. The molecule has 5 heterocycles. The largest absolute Gasteiger partial charge is 0.372 e. The minimum absolute atomic E-state index is 0.00829. The van der Waals surface area contributed by atoms with Gasteiger partial charge in [0.1, 0.15) is 11.1 Å². The number of rotatable bonds is 1. The van der Waals surface area contributed by atoms with E-state index in [-0.39, 0.29) is 30.3 Å². The minimum atomic E-state index is -1.58. The number of anilines is 1. The van der Waals surface area contributed by atoms with Crippen LogP contribution in [0.4, 0.5) is 10.1 Å². The molecule has 2 aromatic heterocycles. The smallest absolute Gasteiger partial charge is 0.242 e. The van der Waals surface area contributed by atoms with Crippen molar-refractivity contribution >= 4 is 34.3 Å². The third kappa shape index (κ3) is 2.61. The maximum Gasteiger partial charge on any atom is 0.242 e. The first-order chi connectivity index (χ1) is 16.2. The van der Waals surface area contributed by atoms with Gasteiger partial charge in [-0.3, -0.25) is 19.7 Å². The van der Waals surface area contributed by atoms with Crippen molar-refractivity contribution in [1.29, 1.82) is 0 Å². The summed E-state index contributed by atoms with van der Waals surface area (Å²) >= 11 is 0. The van der Waals surface area contributed by atoms with Crippen molar-refractivity contribution < 1.29 is 28.0 Å². The highest BCUT2D eigenvalue weighted by atomic mass is 19.1. The first-order valence-electron chi connectivity index (χ1n) is 11.1. The van der Waals surface area contributed by atoms with Gasteiger partial charge in [-0.25, -0.2) is 9.37 Å². The summed E-state index contributed by atoms with van der Waals surface area (Å²) in [6, 6.07) is 0.954. The molecule has 6 rings (SSSR count). The average molecular weight is 467 g/mol. The number of aromatic nitrogens is 3. The molecule has 176 valence electrons. The van der Waals surface area contributed by atoms with Crippen LogP contribution < -0.4 is 10.2 Å². The fourth-order valence-corrected chi connectivity index (χ4v) is 5.92. The molecule has 2 fully saturated rings. The Morgan fingerprint density at radius 1 is 1.26 bits per heavy atom. The predicted octanol–water partition coefficient (Wildman–Crippen LogP) is 1.51. The van der Waals surface area contributed by atoms with E-state index in [9.17, 15) is 14.4 Å². The Balaban J connectivity index is 1.61. The number of fused-ring (bicyclic) bond motifs is 5. The van der Waals surface area contributed by atoms with Gasteiger partial charge >= 0.3 is 0 Å². The van der Waals surface area contributed by atoms with E-state index in [0.717, 1.165) is 0 Å². The summed E-state index contributed by atoms with van der Waals surface area (Å²) < 4.78 is 29.2. The van der Waals surface area contributed by atoms with Gasteiger partial charge in [-0.15, -0.1) is 0 Å². The second kappa shape index (κ2) is 6.95. The van der Waals surface area contributed by atoms with Gasteiger partial charge in [0.25, 0.3) is 0 Å². The zero-order chi connectivity index (χ0) is 23.9. The van der Waals surface area contributed by atoms with Crippen LogP contribution in [0.1, 0.15) is 25.8 Å². The minimum Gasteiger partial charge on any atom is -0.372 e. The van der Waals surface area contributed by atoms with Crippen molar-refractivity contribution in [3.63, 3.8) is 0 Å². The molecule has 3 aromatic rings. The lowest BCUT2D eigenvalue weighted by Gasteiger charge is -2.55. The average Bonchev–Trinajstić information content (AvgIpc) is 3.37. The lowest BCUT2D eigenvalue weighted by molar-refractivity contribution is -0.158. The number of ether oxygens (including phenoxy) is 1. The number of nitrogens with zero attached hydrogens (tertiary/aromatic N) is 4. The molecular formula is C23H22FN5O5. The van der Waals surface area contributed by atoms with Gasteiger partial charge in [0.2, 0.25) is 17.4 Å². The van der Waals surface area contributed by atoms with Crippen molar-refractivity contribution in [3.8, 4) is 11.4 Å². The van der Waals surface area contributed by atoms with Crippen LogP contribution in [0.3, 0.4) is 0 Å². The van der Waals surface area contributed by atoms with Crippen molar-refractivity contribution in [2.75, 3.05) is 11.4 Å². The molecule has 11 heteroatoms. The van der Waals surface area contributed by atoms with E-state index >= 15 is 4.39 Å². The number of amides is 2. The normalized spacial score (nSPS) is 28.9. The number of halogens is 1. The van der Waals surface area contributed by atoms with E-state index in [1.165, 1.54) is 0 Å². The highest BCUT2D eigenvalue weighted by Crippen LogP contribution is 2.50. The number of hydrogen-bond acceptors (Lipinski definition) is 8. The molecular weight excluding hydrogens is 445 g/mol. The van der Waals surface area contributed by atoms with Crippen LogP contribution in [-0.4, -0.2) is 57.1 Å². The first kappa shape index (κ1) is 21.0. The molecule has 4 atom stereocenters. The number of ketones is 1. The van der Waals surface area contributed by atoms with Crippen LogP contribution in [0, 0.1) is 11.2 Å². The van der Waals surface area contributed by atoms with E-state index in [2.05, 4.69) is 15.5 Å². The van der Waals surface area contributed by atoms with Crippen LogP contribution in [0.2, 0.25) is 0 Å². The molecule has 34 heavy (non-hydrogen) atoms. The summed E-state index contributed by atoms with van der Waals surface area (Å²) in [7, 11) is 1.79. The number of carbonyl (C=O) groups is 3. The molecule has 3 aliphatic heterocycles. The quantitative estimate of drug-likeness (QED) is 0.423. The third-order valence-electron chi connectivity index (χ3n) is 7.24. The van der Waals surface area contributed by atoms with Gasteiger partial charge in [0.05, 0.1) is 54.0 Å². The lowest BCUT2D eigenvalue weighted by atomic mass is 9.63. The summed E-state index contributed by atoms with van der Waals surface area (Å²) in [6.07, 6.45) is 1.89. The number of hydrogen-bond donors (Lipinski definition) is 1. The van der Waals surface area contributed by atoms with Crippen molar-refractivity contribution in [1.82, 2.24) is 20.0 Å². The number of imide groups is 1. The monoisotopic (exact) mass is 467 g/mol. The van der Waals surface area contributed by atoms with Gasteiger partial charge in [-0.05, 0) is 31.9 Å². The molecule has 0 radical (unpaired) electrons. The number of benzene rings is 1. The number of aryl methyl sites for hydroxylation is 1. The summed E-state index contributed by atoms with van der Waals surface area (Å²) in [5.74, 6) is -2.38. The predicted molar refractivity (Wildman–Crippen MR) is 116 cm³/mol. The lowest BCUT2D eigenvalue weighted by Crippen LogP contribution is -2.72. The molecule has 2 saturated heterocycles. The van der Waals surface area contributed by atoms with Crippen molar-refractivity contribution in [2.45, 2.75) is 44.9 Å². The van der Waals surface area contributed by atoms with Crippen LogP contribution in [0.5, 0.6) is 0 Å². The number of nitrogens with one attached hydrogen (secondary N) is 1. The van der Waals surface area contributed by atoms with Gasteiger partial charge in [0.15, 0.2) is 11.6 Å². The number of Topliss-reactive ketones (excluding diaryl/α,β-unsaturated/α-hetero) is 1. The molecule has 10 nitrogen and oxygen atoms in total. The summed E-state index contributed by atoms with van der Waals surface area (Å²) in [5.41, 5.74) is 0.205. The summed E-state index contributed by atoms with van der Waals surface area (Å²) in [4.78, 5) is 44.5. The van der Waals surface area contributed by atoms with Crippen LogP contribution in [-0.2, 0) is 32.6 Å². The maximum atomic E-state index is 16.1. The van der Waals surface area contributed by atoms with E-state index in [4.69, 9.17) is 9.26 Å². The van der Waals surface area contributed by atoms with Crippen molar-refractivity contribution in [3.05, 3.63) is 30.0 Å². The number of piperidine rings is 1. The SMILES string of the molecule is C[C@@H]1CN2c3c(cc4c(-c5cncn5C)noc4c3F)CC3(C(=O)CC(=O)NC3=O)[C@H]2[C@H](C)O1. The number of imidazole rings is 1. The molecule has 2 amide bonds. The Hall–Kier alpha value is -3.60. The van der Waals surface area contributed by atoms with Crippen LogP contribution in [0.25, 0.3) is 22.4 Å². The van der Waals surface area contributed by atoms with E-state index < -0.39 is 47.4 Å². The van der Waals surface area contributed by atoms with Crippen LogP contribution >= 0.6 is 0 Å². The zero-order valence-electron chi connectivity index (χ0n) is 18.8. The van der Waals surface area contributed by atoms with E-state index in [1.807, 2.05) is 6.92 Å². The van der Waals surface area contributed by atoms with E-state index in [1.54, 1.807) is 42.0 Å². The Morgan fingerprint density at radius 2 is 2.06 bits per heavy atom. The fraction of sp³-hybridized carbons (Fsp3) is 0.435. The molecule has 1 aromatic carbocycles. The van der Waals surface area contributed by atoms with Gasteiger partial charge in [-0.2, -0.15) is 0 Å². The maximum absolute atomic E-state index is 16.1. The van der Waals surface area contributed by atoms with Crippen LogP contribution in [0.15, 0.2) is 23.1 Å². The highest BCUT2D eigenvalue weighted by molar-refractivity contribution is 6.22. The second-order valence-electron chi connectivity index (χ2n) is 9.37. The van der Waals surface area contributed by atoms with Crippen molar-refractivity contribution in [2.24, 2.45) is 12.5 Å². The van der Waals surface area contributed by atoms with Gasteiger partial charge in [0, 0.05) is 13.6 Å². The number of carbonyl (C=O) groups excluding carboxylic acids is 3. The first-order valence-corrected chi connectivity index (χ1v) is 11.1.